The molecule has 0 radical (unpaired) electrons. The minimum atomic E-state index is 0.615. The molecule has 0 atom stereocenters. The number of benzene rings is 1. The van der Waals surface area contributed by atoms with Crippen molar-refractivity contribution in [1.29, 1.82) is 0 Å². The molecule has 0 spiro atoms. The molecule has 0 aliphatic heterocycles. The molecule has 0 unspecified atom stereocenters. The highest BCUT2D eigenvalue weighted by molar-refractivity contribution is 5.84. The van der Waals surface area contributed by atoms with Crippen molar-refractivity contribution in [2.24, 2.45) is 0 Å². The van der Waals surface area contributed by atoms with Crippen molar-refractivity contribution < 1.29 is 0 Å². The van der Waals surface area contributed by atoms with E-state index in [1.807, 2.05) is 0 Å². The molecule has 0 saturated heterocycles. The van der Waals surface area contributed by atoms with E-state index in [0.717, 1.165) is 6.04 Å². The Morgan fingerprint density at radius 1 is 1.20 bits per heavy atom. The highest BCUT2D eigenvalue weighted by atomic mass is 15.0. The van der Waals surface area contributed by atoms with E-state index in [0.29, 0.717) is 5.92 Å². The summed E-state index contributed by atoms with van der Waals surface area (Å²) in [5, 5.41) is 1.44. The van der Waals surface area contributed by atoms with Crippen LogP contribution in [0.2, 0.25) is 0 Å². The lowest BCUT2D eigenvalue weighted by molar-refractivity contribution is 0.775. The number of aromatic nitrogens is 1. The fraction of sp³-hybridized carbons (Fsp3) is 0.429. The van der Waals surface area contributed by atoms with Gasteiger partial charge in [-0.05, 0) is 36.5 Å². The maximum atomic E-state index is 2.45. The maximum absolute atomic E-state index is 2.45. The molecule has 0 N–H and O–H groups in total. The predicted molar refractivity (Wildman–Crippen MR) is 64.3 cm³/mol. The molecule has 1 fully saturated rings. The molecular formula is C14H17N. The van der Waals surface area contributed by atoms with Crippen molar-refractivity contribution in [3.8, 4) is 0 Å². The molecule has 1 aromatic heterocycles. The fourth-order valence-corrected chi connectivity index (χ4v) is 2.39. The second kappa shape index (κ2) is 3.13. The van der Waals surface area contributed by atoms with Crippen LogP contribution in [0.5, 0.6) is 0 Å². The van der Waals surface area contributed by atoms with Crippen LogP contribution >= 0.6 is 0 Å². The van der Waals surface area contributed by atoms with Crippen LogP contribution in [0.4, 0.5) is 0 Å². The number of hydrogen-bond donors (Lipinski definition) is 0. The summed E-state index contributed by atoms with van der Waals surface area (Å²) < 4.78 is 2.45. The van der Waals surface area contributed by atoms with E-state index < -0.39 is 0 Å². The Kier molecular flexibility index (Phi) is 1.88. The minimum absolute atomic E-state index is 0.615. The highest BCUT2D eigenvalue weighted by Gasteiger charge is 2.24. The van der Waals surface area contributed by atoms with Gasteiger partial charge in [0.2, 0.25) is 0 Å². The second-order valence-corrected chi connectivity index (χ2v) is 4.89. The Bertz CT molecular complexity index is 489. The van der Waals surface area contributed by atoms with Crippen LogP contribution in [0.25, 0.3) is 10.9 Å². The molecule has 78 valence electrons. The van der Waals surface area contributed by atoms with Crippen LogP contribution in [0, 0.1) is 0 Å². The molecule has 0 amide bonds. The molecule has 1 aliphatic rings. The fourth-order valence-electron chi connectivity index (χ4n) is 2.39. The van der Waals surface area contributed by atoms with Crippen LogP contribution in [0.1, 0.15) is 44.2 Å². The van der Waals surface area contributed by atoms with Gasteiger partial charge in [-0.2, -0.15) is 0 Å². The quantitative estimate of drug-likeness (QED) is 0.686. The summed E-state index contributed by atoms with van der Waals surface area (Å²) in [5.74, 6) is 0.615. The van der Waals surface area contributed by atoms with Crippen molar-refractivity contribution in [3.63, 3.8) is 0 Å². The van der Waals surface area contributed by atoms with Gasteiger partial charge < -0.3 is 4.57 Å². The zero-order chi connectivity index (χ0) is 10.4. The van der Waals surface area contributed by atoms with Gasteiger partial charge in [-0.25, -0.2) is 0 Å². The monoisotopic (exact) mass is 199 g/mol. The highest BCUT2D eigenvalue weighted by Crippen LogP contribution is 2.38. The Balaban J connectivity index is 2.23. The summed E-state index contributed by atoms with van der Waals surface area (Å²) >= 11 is 0. The number of nitrogens with zero attached hydrogens (tertiary/aromatic N) is 1. The summed E-state index contributed by atoms with van der Waals surface area (Å²) in [6.45, 7) is 4.53. The molecule has 15 heavy (non-hydrogen) atoms. The Labute approximate surface area is 90.7 Å². The number of hydrogen-bond acceptors (Lipinski definition) is 0. The smallest absolute Gasteiger partial charge is 0.0485 e. The zero-order valence-corrected chi connectivity index (χ0v) is 9.40. The zero-order valence-electron chi connectivity index (χ0n) is 9.40. The maximum Gasteiger partial charge on any atom is 0.0485 e. The summed E-state index contributed by atoms with van der Waals surface area (Å²) in [6, 6.07) is 9.76. The van der Waals surface area contributed by atoms with Crippen molar-refractivity contribution in [2.45, 2.75) is 38.6 Å². The topological polar surface area (TPSA) is 4.93 Å². The van der Waals surface area contributed by atoms with Crippen LogP contribution in [-0.4, -0.2) is 4.57 Å². The van der Waals surface area contributed by atoms with Gasteiger partial charge in [-0.15, -0.1) is 0 Å². The predicted octanol–water partition coefficient (Wildman–Crippen LogP) is 4.10. The Morgan fingerprint density at radius 2 is 2.00 bits per heavy atom. The third-order valence-corrected chi connectivity index (χ3v) is 3.36. The third kappa shape index (κ3) is 1.38. The van der Waals surface area contributed by atoms with Crippen molar-refractivity contribution in [1.82, 2.24) is 4.57 Å². The lowest BCUT2D eigenvalue weighted by atomic mass is 9.99. The Hall–Kier alpha value is -1.24. The van der Waals surface area contributed by atoms with Gasteiger partial charge in [-0.3, -0.25) is 0 Å². The molecule has 1 saturated carbocycles. The molecular weight excluding hydrogens is 182 g/mol. The van der Waals surface area contributed by atoms with E-state index in [9.17, 15) is 0 Å². The van der Waals surface area contributed by atoms with Crippen molar-refractivity contribution in [2.75, 3.05) is 0 Å². The average Bonchev–Trinajstić information content (AvgIpc) is 2.97. The third-order valence-electron chi connectivity index (χ3n) is 3.36. The molecule has 1 aromatic carbocycles. The minimum Gasteiger partial charge on any atom is -0.344 e. The van der Waals surface area contributed by atoms with Crippen molar-refractivity contribution >= 4 is 10.9 Å². The van der Waals surface area contributed by atoms with Crippen molar-refractivity contribution in [3.05, 3.63) is 36.0 Å². The van der Waals surface area contributed by atoms with Gasteiger partial charge >= 0.3 is 0 Å². The average molecular weight is 199 g/mol. The van der Waals surface area contributed by atoms with Gasteiger partial charge in [-0.1, -0.05) is 26.0 Å². The van der Waals surface area contributed by atoms with E-state index in [4.69, 9.17) is 0 Å². The molecule has 1 nitrogen and oxygen atoms in total. The second-order valence-electron chi connectivity index (χ2n) is 4.89. The molecule has 1 heterocycles. The van der Waals surface area contributed by atoms with Gasteiger partial charge in [0, 0.05) is 23.1 Å². The van der Waals surface area contributed by atoms with E-state index in [-0.39, 0.29) is 0 Å². The van der Waals surface area contributed by atoms with Gasteiger partial charge in [0.1, 0.15) is 0 Å². The molecule has 1 heteroatoms. The first kappa shape index (κ1) is 9.02. The van der Waals surface area contributed by atoms with E-state index in [1.54, 1.807) is 0 Å². The summed E-state index contributed by atoms with van der Waals surface area (Å²) in [7, 11) is 0. The molecule has 0 bridgehead atoms. The van der Waals surface area contributed by atoms with Crippen LogP contribution in [0.3, 0.4) is 0 Å². The first-order valence-corrected chi connectivity index (χ1v) is 5.87. The first-order valence-electron chi connectivity index (χ1n) is 5.87. The first-order chi connectivity index (χ1) is 7.27. The van der Waals surface area contributed by atoms with Crippen LogP contribution < -0.4 is 0 Å². The summed E-state index contributed by atoms with van der Waals surface area (Å²) in [5.41, 5.74) is 2.90. The number of fused-ring (bicyclic) bond motifs is 1. The van der Waals surface area contributed by atoms with Crippen LogP contribution in [-0.2, 0) is 0 Å². The lowest BCUT2D eigenvalue weighted by Gasteiger charge is -2.08. The number of rotatable bonds is 2. The van der Waals surface area contributed by atoms with E-state index in [2.05, 4.69) is 48.9 Å². The van der Waals surface area contributed by atoms with E-state index in [1.165, 1.54) is 29.3 Å². The molecule has 3 rings (SSSR count). The van der Waals surface area contributed by atoms with Gasteiger partial charge in [0.05, 0.1) is 0 Å². The SMILES string of the molecule is CC(C)c1cccc2c1ccn2C1CC1. The van der Waals surface area contributed by atoms with Crippen LogP contribution in [0.15, 0.2) is 30.5 Å². The Morgan fingerprint density at radius 3 is 2.67 bits per heavy atom. The molecule has 2 aromatic rings. The normalized spacial score (nSPS) is 16.5. The van der Waals surface area contributed by atoms with Gasteiger partial charge in [0.15, 0.2) is 0 Å². The summed E-state index contributed by atoms with van der Waals surface area (Å²) in [4.78, 5) is 0. The summed E-state index contributed by atoms with van der Waals surface area (Å²) in [6.07, 6.45) is 4.97. The largest absolute Gasteiger partial charge is 0.344 e. The molecule has 1 aliphatic carbocycles. The lowest BCUT2D eigenvalue weighted by Crippen LogP contribution is -1.92. The van der Waals surface area contributed by atoms with E-state index >= 15 is 0 Å². The van der Waals surface area contributed by atoms with Gasteiger partial charge in [0.25, 0.3) is 0 Å². The standard InChI is InChI=1S/C14H17N/c1-10(2)12-4-3-5-14-13(12)8-9-15(14)11-6-7-11/h3-5,8-11H,6-7H2,1-2H3.